The molecule has 0 bridgehead atoms. The number of sulfonamides is 6. The molecule has 7 fully saturated rings. The number of primary sulfonamides is 6. The first kappa shape index (κ1) is 115. The summed E-state index contributed by atoms with van der Waals surface area (Å²) in [5.41, 5.74) is 14.7. The molecule has 7 saturated carbocycles. The summed E-state index contributed by atoms with van der Waals surface area (Å²) < 4.78 is 233. The summed E-state index contributed by atoms with van der Waals surface area (Å²) >= 11 is 6.12. The SMILES string of the molecule is CC1(C)C(CCc2ccc(F)c(F)c2)C1c1ccc(S(N)(=O)=O)cc1.CC1(C)C(CCc2ccncc2)C1c1ccc(S(N)(=O)=O)cc1.COc1ccc(Cl)cc1CCC1C(c2ccc(S(N)(=O)=O)cc2)C1(C)C.Cc1cc(F)ccc1CCC1C(c2ccc(S(N)(=O)=O)cc2)C1(C)C.NS(=O)(=O)c1ccc(C2C(CCc3ccc(C(F)(F)F)cc3)C23CCCC3)cc1.NS(=O)(=O)c1ccc(C2CC2CCc2ccc(F)cc2)cc1. The number of rotatable bonds is 31. The quantitative estimate of drug-likeness (QED) is 0.0220. The molecule has 12 aromatic rings. The van der Waals surface area contributed by atoms with Gasteiger partial charge in [-0.1, -0.05) is 189 Å². The minimum absolute atomic E-state index is 0.0850. The predicted octanol–water partition coefficient (Wildman–Crippen LogP) is 24.1. The predicted molar refractivity (Wildman–Crippen MR) is 572 cm³/mol. The van der Waals surface area contributed by atoms with Gasteiger partial charge in [0.2, 0.25) is 60.1 Å². The molecular formula is C116H133ClF7N7O13S6. The van der Waals surface area contributed by atoms with Crippen LogP contribution in [0.25, 0.3) is 0 Å². The van der Waals surface area contributed by atoms with Crippen molar-refractivity contribution in [2.75, 3.05) is 7.11 Å². The second kappa shape index (κ2) is 45.7. The van der Waals surface area contributed by atoms with E-state index in [9.17, 15) is 81.2 Å². The van der Waals surface area contributed by atoms with Crippen LogP contribution in [0.15, 0.2) is 303 Å². The molecule has 1 spiro atoms. The Balaban J connectivity index is 0.000000142. The van der Waals surface area contributed by atoms with Crippen LogP contribution in [0.5, 0.6) is 5.75 Å². The third-order valence-electron chi connectivity index (χ3n) is 32.7. The zero-order valence-corrected chi connectivity index (χ0v) is 91.3. The van der Waals surface area contributed by atoms with E-state index < -0.39 is 83.5 Å². The van der Waals surface area contributed by atoms with E-state index in [1.807, 2.05) is 129 Å². The van der Waals surface area contributed by atoms with Gasteiger partial charge in [0, 0.05) is 17.4 Å². The monoisotopic (exact) mass is 2190 g/mol. The second-order valence-electron chi connectivity index (χ2n) is 43.6. The van der Waals surface area contributed by atoms with Crippen molar-refractivity contribution in [1.82, 2.24) is 4.98 Å². The molecule has 1 heterocycles. The van der Waals surface area contributed by atoms with Crippen LogP contribution in [0.1, 0.15) is 239 Å². The molecular weight excluding hydrogens is 2060 g/mol. The number of nitrogens with two attached hydrogens (primary N) is 6. The smallest absolute Gasteiger partial charge is 0.416 e. The molecule has 0 radical (unpaired) electrons. The number of nitrogens with zero attached hydrogens (tertiary/aromatic N) is 1. The van der Waals surface area contributed by atoms with Crippen molar-refractivity contribution in [1.29, 1.82) is 0 Å². The molecule has 0 amide bonds. The average Bonchev–Trinajstić information content (AvgIpc) is 1.53. The maximum Gasteiger partial charge on any atom is 0.416 e. The van der Waals surface area contributed by atoms with E-state index in [0.29, 0.717) is 82.5 Å². The summed E-state index contributed by atoms with van der Waals surface area (Å²) in [7, 11) is -20.3. The fourth-order valence-corrected chi connectivity index (χ4v) is 27.2. The number of ether oxygens (including phenoxy) is 1. The highest BCUT2D eigenvalue weighted by Crippen LogP contribution is 2.74. The van der Waals surface area contributed by atoms with Crippen molar-refractivity contribution < 1.29 is 86.0 Å². The molecule has 150 heavy (non-hydrogen) atoms. The molecule has 802 valence electrons. The number of aromatic nitrogens is 1. The van der Waals surface area contributed by atoms with Crippen LogP contribution < -0.4 is 35.6 Å². The molecule has 1 aromatic heterocycles. The zero-order valence-electron chi connectivity index (χ0n) is 85.6. The van der Waals surface area contributed by atoms with Gasteiger partial charge in [0.15, 0.2) is 11.6 Å². The van der Waals surface area contributed by atoms with E-state index in [-0.39, 0.29) is 68.1 Å². The van der Waals surface area contributed by atoms with E-state index in [4.69, 9.17) is 47.2 Å². The number of aryl methyl sites for hydroxylation is 7. The number of pyridine rings is 1. The van der Waals surface area contributed by atoms with E-state index in [2.05, 4.69) is 72.5 Å². The maximum absolute atomic E-state index is 13.3. The van der Waals surface area contributed by atoms with Crippen molar-refractivity contribution in [2.45, 2.75) is 243 Å². The Morgan fingerprint density at radius 2 is 0.660 bits per heavy atom. The van der Waals surface area contributed by atoms with Crippen molar-refractivity contribution in [3.8, 4) is 5.75 Å². The minimum Gasteiger partial charge on any atom is -0.496 e. The molecule has 7 aliphatic carbocycles. The van der Waals surface area contributed by atoms with Crippen LogP contribution in [0.2, 0.25) is 5.02 Å². The van der Waals surface area contributed by atoms with E-state index >= 15 is 0 Å². The van der Waals surface area contributed by atoms with Crippen molar-refractivity contribution in [3.63, 3.8) is 0 Å². The fraction of sp³-hybridized carbons (Fsp3) is 0.388. The Hall–Kier alpha value is -10.4. The van der Waals surface area contributed by atoms with Crippen LogP contribution in [-0.2, 0) is 105 Å². The van der Waals surface area contributed by atoms with Gasteiger partial charge >= 0.3 is 6.18 Å². The van der Waals surface area contributed by atoms with Gasteiger partial charge in [0.1, 0.15) is 17.4 Å². The Labute approximate surface area is 884 Å². The number of hydrogen-bond acceptors (Lipinski definition) is 14. The molecule has 34 heteroatoms. The highest BCUT2D eigenvalue weighted by molar-refractivity contribution is 7.90. The molecule has 20 nitrogen and oxygen atoms in total. The number of hydrogen-bond donors (Lipinski definition) is 6. The Bertz CT molecular complexity index is 7520. The maximum atomic E-state index is 13.3. The van der Waals surface area contributed by atoms with Gasteiger partial charge in [0.05, 0.1) is 42.0 Å². The van der Waals surface area contributed by atoms with Crippen LogP contribution >= 0.6 is 11.6 Å². The van der Waals surface area contributed by atoms with Gasteiger partial charge in [0.25, 0.3) is 0 Å². The lowest BCUT2D eigenvalue weighted by atomic mass is 9.96. The standard InChI is InChI=1S/C22H24F3NO2S.C20H24ClNO3S.C20H24FNO2S.C19H21F2NO2S.C18H22N2O2S.C17H18FNO2S/c23-22(24,25)17-8-3-15(4-9-17)5-12-19-20(21(19)13-1-2-14-21)16-6-10-18(11-7-16)29(26,27)28;1-20(2)17(10-6-14-12-15(21)7-11-18(14)25-3)19(20)13-4-8-16(9-5-13)26(22,23)24;1-13-12-16(21)8-4-14(13)7-11-18-19(20(18,2)3)15-5-9-17(10-6-15)25(22,23)24;1-19(2)15(9-3-12-4-10-16(20)17(21)11-12)18(19)13-5-7-14(8-6-13)25(22,23)24;1-18(2)16(8-3-13-9-11-20-12-10-13)17(18)14-4-6-15(7-5-14)23(19,21)22;18-15-7-2-12(3-8-15)1-4-14-11-17(14)13-5-9-16(10-6-13)22(19,20)21/h3-4,6-11,19-20H,1-2,5,12-14H2,(H2,26,27,28);4-5,7-9,11-12,17,19H,6,10H2,1-3H3,(H2,22,23,24);4-6,8-10,12,18-19H,7,11H2,1-3H3,(H2,22,23,24);4-8,10-11,15,18H,3,9H2,1-2H3,(H2,22,23,24);4-7,9-12,16-17H,3,8H2,1-2H3,(H2,19,21,22);2-3,5-10,14,17H,1,4,11H2,(H2,19,20,21). The van der Waals surface area contributed by atoms with E-state index in [1.165, 1.54) is 65.9 Å². The number of alkyl halides is 3. The highest BCUT2D eigenvalue weighted by atomic mass is 35.5. The summed E-state index contributed by atoms with van der Waals surface area (Å²) in [6.45, 7) is 19.8. The van der Waals surface area contributed by atoms with Gasteiger partial charge in [-0.2, -0.15) is 13.2 Å². The number of methoxy groups -OCH3 is 1. The molecule has 19 rings (SSSR count). The third-order valence-corrected chi connectivity index (χ3v) is 38.6. The summed E-state index contributed by atoms with van der Waals surface area (Å²) in [6, 6.07) is 72.2. The Morgan fingerprint density at radius 1 is 0.340 bits per heavy atom. The minimum atomic E-state index is -4.31. The second-order valence-corrected chi connectivity index (χ2v) is 53.4. The number of halogens is 8. The largest absolute Gasteiger partial charge is 0.496 e. The summed E-state index contributed by atoms with van der Waals surface area (Å²) in [4.78, 5) is 4.89. The third kappa shape index (κ3) is 28.6. The highest BCUT2D eigenvalue weighted by Gasteiger charge is 2.65. The lowest BCUT2D eigenvalue weighted by molar-refractivity contribution is -0.137. The Morgan fingerprint density at radius 3 is 1.02 bits per heavy atom. The molecule has 12 atom stereocenters. The van der Waals surface area contributed by atoms with E-state index in [0.717, 1.165) is 169 Å². The van der Waals surface area contributed by atoms with Gasteiger partial charge in [-0.15, -0.1) is 0 Å². The van der Waals surface area contributed by atoms with Crippen LogP contribution in [-0.4, -0.2) is 62.6 Å². The topological polar surface area (TPSA) is 383 Å². The number of benzene rings is 11. The molecule has 12 unspecified atom stereocenters. The van der Waals surface area contributed by atoms with Crippen LogP contribution in [0, 0.1) is 92.8 Å². The zero-order chi connectivity index (χ0) is 109. The summed E-state index contributed by atoms with van der Waals surface area (Å²) in [6.07, 6.45) is 16.4. The molecule has 11 aromatic carbocycles. The Kier molecular flexibility index (Phi) is 35.1. The first-order valence-corrected chi connectivity index (χ1v) is 59.9. The average molecular weight is 2190 g/mol. The van der Waals surface area contributed by atoms with Crippen LogP contribution in [0.4, 0.5) is 30.7 Å². The summed E-state index contributed by atoms with van der Waals surface area (Å²) in [5.74, 6) is 4.44. The molecule has 7 aliphatic rings. The summed E-state index contributed by atoms with van der Waals surface area (Å²) in [5, 5.41) is 31.6. The van der Waals surface area contributed by atoms with Gasteiger partial charge < -0.3 is 4.74 Å². The molecule has 0 aliphatic heterocycles. The molecule has 12 N–H and O–H groups in total. The van der Waals surface area contributed by atoms with Crippen molar-refractivity contribution in [3.05, 3.63) is 379 Å². The van der Waals surface area contributed by atoms with Gasteiger partial charge in [-0.05, 0) is 425 Å². The lowest BCUT2D eigenvalue weighted by Crippen LogP contribution is -2.11. The molecule has 0 saturated heterocycles. The van der Waals surface area contributed by atoms with E-state index in [1.54, 1.807) is 92.0 Å². The fourth-order valence-electron chi connectivity index (χ4n) is 23.9. The lowest BCUT2D eigenvalue weighted by Gasteiger charge is -2.10. The van der Waals surface area contributed by atoms with Crippen LogP contribution in [0.3, 0.4) is 0 Å². The normalized spacial score (nSPS) is 22.1. The van der Waals surface area contributed by atoms with Crippen molar-refractivity contribution in [2.24, 2.45) is 93.4 Å². The van der Waals surface area contributed by atoms with Gasteiger partial charge in [-0.25, -0.2) is 98.9 Å². The van der Waals surface area contributed by atoms with Gasteiger partial charge in [-0.3, -0.25) is 4.98 Å². The first-order chi connectivity index (χ1) is 70.2. The first-order valence-electron chi connectivity index (χ1n) is 50.3. The van der Waals surface area contributed by atoms with Crippen molar-refractivity contribution >= 4 is 71.7 Å².